The zero-order chi connectivity index (χ0) is 19.4. The Bertz CT molecular complexity index is 1420. The highest BCUT2D eigenvalue weighted by molar-refractivity contribution is 5.93. The molecule has 0 amide bonds. The Kier molecular flexibility index (Phi) is 3.44. The molecule has 5 heteroatoms. The standard InChI is InChI=1S/C24H17N3O2/c28-24-23-18(15-7-10-25-11-8-15)14-29-22(23)9-12-27(24)21-13-17(21)20-6-5-16-3-1-2-4-19(16)26-20/h1-12,14,17,21H,13H2/t17-,21-/m1/s1. The fourth-order valence-electron chi connectivity index (χ4n) is 4.16. The number of pyridine rings is 3. The summed E-state index contributed by atoms with van der Waals surface area (Å²) in [6, 6.07) is 18.1. The molecule has 4 heterocycles. The molecule has 0 spiro atoms. The lowest BCUT2D eigenvalue weighted by molar-refractivity contribution is 0.613. The predicted molar refractivity (Wildman–Crippen MR) is 112 cm³/mol. The van der Waals surface area contributed by atoms with Crippen molar-refractivity contribution in [2.45, 2.75) is 18.4 Å². The lowest BCUT2D eigenvalue weighted by Gasteiger charge is -2.07. The van der Waals surface area contributed by atoms with Gasteiger partial charge in [-0.15, -0.1) is 0 Å². The number of aromatic nitrogens is 3. The maximum Gasteiger partial charge on any atom is 0.262 e. The Morgan fingerprint density at radius 2 is 1.86 bits per heavy atom. The average Bonchev–Trinajstić information content (AvgIpc) is 3.44. The number of nitrogens with zero attached hydrogens (tertiary/aromatic N) is 3. The molecule has 0 bridgehead atoms. The van der Waals surface area contributed by atoms with Gasteiger partial charge >= 0.3 is 0 Å². The minimum atomic E-state index is -0.0173. The Hall–Kier alpha value is -3.73. The number of hydrogen-bond acceptors (Lipinski definition) is 4. The highest BCUT2D eigenvalue weighted by Crippen LogP contribution is 2.50. The van der Waals surface area contributed by atoms with Crippen molar-refractivity contribution in [2.75, 3.05) is 0 Å². The molecule has 5 nitrogen and oxygen atoms in total. The fourth-order valence-corrected chi connectivity index (χ4v) is 4.16. The van der Waals surface area contributed by atoms with Crippen LogP contribution in [-0.4, -0.2) is 14.5 Å². The molecule has 0 N–H and O–H groups in total. The number of para-hydroxylation sites is 1. The maximum absolute atomic E-state index is 13.3. The van der Waals surface area contributed by atoms with Crippen molar-refractivity contribution in [3.05, 3.63) is 95.5 Å². The Labute approximate surface area is 166 Å². The van der Waals surface area contributed by atoms with E-state index in [1.807, 2.05) is 47.2 Å². The molecule has 0 unspecified atom stereocenters. The predicted octanol–water partition coefficient (Wildman–Crippen LogP) is 4.93. The Morgan fingerprint density at radius 1 is 1.00 bits per heavy atom. The molecule has 1 aliphatic carbocycles. The van der Waals surface area contributed by atoms with Crippen LogP contribution in [0.5, 0.6) is 0 Å². The van der Waals surface area contributed by atoms with Gasteiger partial charge in [0.1, 0.15) is 5.58 Å². The van der Waals surface area contributed by atoms with Gasteiger partial charge in [-0.2, -0.15) is 0 Å². The van der Waals surface area contributed by atoms with Crippen LogP contribution < -0.4 is 5.56 Å². The van der Waals surface area contributed by atoms with E-state index in [4.69, 9.17) is 9.40 Å². The zero-order valence-electron chi connectivity index (χ0n) is 15.5. The first-order valence-corrected chi connectivity index (χ1v) is 9.68. The van der Waals surface area contributed by atoms with Crippen LogP contribution in [0.2, 0.25) is 0 Å². The topological polar surface area (TPSA) is 60.9 Å². The van der Waals surface area contributed by atoms with Gasteiger partial charge in [0, 0.05) is 47.2 Å². The smallest absolute Gasteiger partial charge is 0.262 e. The minimum absolute atomic E-state index is 0.0173. The molecular weight excluding hydrogens is 362 g/mol. The largest absolute Gasteiger partial charge is 0.463 e. The molecule has 0 aliphatic heterocycles. The van der Waals surface area contributed by atoms with Gasteiger partial charge in [-0.05, 0) is 42.3 Å². The van der Waals surface area contributed by atoms with E-state index >= 15 is 0 Å². The van der Waals surface area contributed by atoms with E-state index in [0.29, 0.717) is 11.0 Å². The monoisotopic (exact) mass is 379 g/mol. The van der Waals surface area contributed by atoms with Crippen LogP contribution >= 0.6 is 0 Å². The lowest BCUT2D eigenvalue weighted by atomic mass is 10.1. The van der Waals surface area contributed by atoms with Crippen molar-refractivity contribution in [3.63, 3.8) is 0 Å². The summed E-state index contributed by atoms with van der Waals surface area (Å²) in [5.74, 6) is 0.256. The zero-order valence-corrected chi connectivity index (χ0v) is 15.5. The quantitative estimate of drug-likeness (QED) is 0.446. The summed E-state index contributed by atoms with van der Waals surface area (Å²) in [6.07, 6.45) is 7.85. The first-order chi connectivity index (χ1) is 14.3. The molecule has 1 fully saturated rings. The summed E-state index contributed by atoms with van der Waals surface area (Å²) in [4.78, 5) is 22.2. The van der Waals surface area contributed by atoms with Gasteiger partial charge in [0.05, 0.1) is 17.2 Å². The summed E-state index contributed by atoms with van der Waals surface area (Å²) in [6.45, 7) is 0. The molecule has 140 valence electrons. The number of hydrogen-bond donors (Lipinski definition) is 0. The lowest BCUT2D eigenvalue weighted by Crippen LogP contribution is -2.18. The molecule has 1 aliphatic rings. The van der Waals surface area contributed by atoms with E-state index in [1.54, 1.807) is 18.7 Å². The van der Waals surface area contributed by atoms with Gasteiger partial charge in [-0.1, -0.05) is 24.3 Å². The number of rotatable bonds is 3. The van der Waals surface area contributed by atoms with Crippen molar-refractivity contribution in [3.8, 4) is 11.1 Å². The van der Waals surface area contributed by atoms with Crippen molar-refractivity contribution < 1.29 is 4.42 Å². The second-order valence-electron chi connectivity index (χ2n) is 7.49. The summed E-state index contributed by atoms with van der Waals surface area (Å²) in [5, 5.41) is 1.75. The molecule has 6 rings (SSSR count). The molecule has 1 aromatic carbocycles. The Balaban J connectivity index is 1.41. The second-order valence-corrected chi connectivity index (χ2v) is 7.49. The average molecular weight is 379 g/mol. The van der Waals surface area contributed by atoms with E-state index in [9.17, 15) is 4.79 Å². The van der Waals surface area contributed by atoms with E-state index in [2.05, 4.69) is 23.2 Å². The van der Waals surface area contributed by atoms with Crippen LogP contribution in [-0.2, 0) is 0 Å². The van der Waals surface area contributed by atoms with E-state index in [1.165, 1.54) is 0 Å². The summed E-state index contributed by atoms with van der Waals surface area (Å²) < 4.78 is 7.49. The van der Waals surface area contributed by atoms with Gasteiger partial charge < -0.3 is 8.98 Å². The number of fused-ring (bicyclic) bond motifs is 2. The van der Waals surface area contributed by atoms with Gasteiger partial charge in [-0.3, -0.25) is 14.8 Å². The van der Waals surface area contributed by atoms with E-state index < -0.39 is 0 Å². The molecule has 29 heavy (non-hydrogen) atoms. The van der Waals surface area contributed by atoms with Gasteiger partial charge in [0.25, 0.3) is 5.56 Å². The third-order valence-corrected chi connectivity index (χ3v) is 5.76. The van der Waals surface area contributed by atoms with Crippen molar-refractivity contribution >= 4 is 21.9 Å². The third kappa shape index (κ3) is 2.58. The normalized spacial score (nSPS) is 18.3. The molecule has 5 aromatic rings. The summed E-state index contributed by atoms with van der Waals surface area (Å²) in [5.41, 5.74) is 4.37. The van der Waals surface area contributed by atoms with Crippen LogP contribution in [0.3, 0.4) is 0 Å². The van der Waals surface area contributed by atoms with Crippen LogP contribution in [0.4, 0.5) is 0 Å². The van der Waals surface area contributed by atoms with E-state index in [0.717, 1.165) is 34.1 Å². The van der Waals surface area contributed by atoms with Gasteiger partial charge in [-0.25, -0.2) is 0 Å². The molecule has 0 radical (unpaired) electrons. The van der Waals surface area contributed by atoms with Crippen LogP contribution in [0.25, 0.3) is 33.0 Å². The summed E-state index contributed by atoms with van der Waals surface area (Å²) in [7, 11) is 0. The van der Waals surface area contributed by atoms with Crippen molar-refractivity contribution in [2.24, 2.45) is 0 Å². The highest BCUT2D eigenvalue weighted by atomic mass is 16.3. The van der Waals surface area contributed by atoms with Crippen molar-refractivity contribution in [1.82, 2.24) is 14.5 Å². The van der Waals surface area contributed by atoms with Crippen LogP contribution in [0.1, 0.15) is 24.1 Å². The minimum Gasteiger partial charge on any atom is -0.463 e. The molecule has 2 atom stereocenters. The Morgan fingerprint density at radius 3 is 2.76 bits per heavy atom. The third-order valence-electron chi connectivity index (χ3n) is 5.76. The molecule has 1 saturated carbocycles. The fraction of sp³-hybridized carbons (Fsp3) is 0.125. The first kappa shape index (κ1) is 16.2. The molecule has 4 aromatic heterocycles. The second kappa shape index (κ2) is 6.14. The van der Waals surface area contributed by atoms with Gasteiger partial charge in [0.2, 0.25) is 0 Å². The summed E-state index contributed by atoms with van der Waals surface area (Å²) >= 11 is 0. The molecular formula is C24H17N3O2. The number of benzene rings is 1. The van der Waals surface area contributed by atoms with E-state index in [-0.39, 0.29) is 17.5 Å². The van der Waals surface area contributed by atoms with Crippen LogP contribution in [0, 0.1) is 0 Å². The van der Waals surface area contributed by atoms with Crippen molar-refractivity contribution in [1.29, 1.82) is 0 Å². The molecule has 0 saturated heterocycles. The van der Waals surface area contributed by atoms with Gasteiger partial charge in [0.15, 0.2) is 0 Å². The van der Waals surface area contributed by atoms with Crippen LogP contribution in [0.15, 0.2) is 88.7 Å². The number of furan rings is 1. The SMILES string of the molecule is O=c1c2c(-c3ccncc3)coc2ccn1[C@@H]1C[C@@H]1c1ccc2ccccc2n1. The first-order valence-electron chi connectivity index (χ1n) is 9.68. The highest BCUT2D eigenvalue weighted by Gasteiger charge is 2.42. The maximum atomic E-state index is 13.3.